The number of hydrogen-bond donors (Lipinski definition) is 0. The number of piperazine rings is 1. The molecule has 0 aliphatic carbocycles. The highest BCUT2D eigenvalue weighted by molar-refractivity contribution is 6.01. The van der Waals surface area contributed by atoms with Crippen molar-refractivity contribution >= 4 is 17.5 Å². The van der Waals surface area contributed by atoms with E-state index in [9.17, 15) is 14.0 Å². The first kappa shape index (κ1) is 20.9. The van der Waals surface area contributed by atoms with Gasteiger partial charge in [-0.05, 0) is 53.4 Å². The maximum absolute atomic E-state index is 14.1. The molecule has 5 nitrogen and oxygen atoms in total. The highest BCUT2D eigenvalue weighted by Crippen LogP contribution is 2.46. The van der Waals surface area contributed by atoms with E-state index in [2.05, 4.69) is 17.0 Å². The summed E-state index contributed by atoms with van der Waals surface area (Å²) in [6, 6.07) is 22.0. The standard InChI is InChI=1S/C28H26FN3O2/c29-20-9-11-21(12-10-20)30-15-17-31(18-16-30)28(34)25-23-7-3-4-8-24(23)27(33)32-14-13-19-5-1-2-6-22(19)26(25)32/h1-12,25-26H,13-18H2/t25-,26-/m1/s1. The van der Waals surface area contributed by atoms with E-state index in [0.29, 0.717) is 38.3 Å². The zero-order chi connectivity index (χ0) is 23.2. The highest BCUT2D eigenvalue weighted by atomic mass is 19.1. The average molecular weight is 456 g/mol. The van der Waals surface area contributed by atoms with Gasteiger partial charge in [-0.25, -0.2) is 4.39 Å². The summed E-state index contributed by atoms with van der Waals surface area (Å²) in [7, 11) is 0. The molecular formula is C28H26FN3O2. The van der Waals surface area contributed by atoms with Crippen LogP contribution in [0.15, 0.2) is 72.8 Å². The predicted molar refractivity (Wildman–Crippen MR) is 128 cm³/mol. The van der Waals surface area contributed by atoms with Crippen LogP contribution < -0.4 is 4.90 Å². The van der Waals surface area contributed by atoms with E-state index in [4.69, 9.17) is 0 Å². The third-order valence-corrected chi connectivity index (χ3v) is 7.48. The van der Waals surface area contributed by atoms with E-state index < -0.39 is 5.92 Å². The lowest BCUT2D eigenvalue weighted by Crippen LogP contribution is -2.54. The number of fused-ring (bicyclic) bond motifs is 4. The Bertz CT molecular complexity index is 1250. The molecule has 0 aromatic heterocycles. The summed E-state index contributed by atoms with van der Waals surface area (Å²) < 4.78 is 13.3. The number of carbonyl (C=O) groups is 2. The van der Waals surface area contributed by atoms with Crippen molar-refractivity contribution in [3.63, 3.8) is 0 Å². The molecule has 34 heavy (non-hydrogen) atoms. The maximum atomic E-state index is 14.1. The number of carbonyl (C=O) groups excluding carboxylic acids is 2. The molecule has 1 saturated heterocycles. The number of rotatable bonds is 2. The summed E-state index contributed by atoms with van der Waals surface area (Å²) >= 11 is 0. The number of nitrogens with zero attached hydrogens (tertiary/aromatic N) is 3. The number of amides is 2. The quantitative estimate of drug-likeness (QED) is 0.587. The third-order valence-electron chi connectivity index (χ3n) is 7.48. The Morgan fingerprint density at radius 3 is 2.24 bits per heavy atom. The van der Waals surface area contributed by atoms with Crippen molar-refractivity contribution < 1.29 is 14.0 Å². The van der Waals surface area contributed by atoms with E-state index in [1.165, 1.54) is 17.7 Å². The van der Waals surface area contributed by atoms with Gasteiger partial charge in [0.15, 0.2) is 0 Å². The smallest absolute Gasteiger partial charge is 0.254 e. The van der Waals surface area contributed by atoms with Crippen molar-refractivity contribution in [1.29, 1.82) is 0 Å². The largest absolute Gasteiger partial charge is 0.368 e. The summed E-state index contributed by atoms with van der Waals surface area (Å²) in [6.07, 6.45) is 0.803. The number of hydrogen-bond acceptors (Lipinski definition) is 3. The molecule has 3 aliphatic rings. The minimum atomic E-state index is -0.423. The van der Waals surface area contributed by atoms with Gasteiger partial charge in [0.25, 0.3) is 5.91 Å². The molecule has 3 aromatic rings. The van der Waals surface area contributed by atoms with Crippen LogP contribution in [-0.2, 0) is 11.2 Å². The second kappa shape index (κ2) is 8.28. The SMILES string of the molecule is O=C([C@@H]1c2ccccc2C(=O)N2CCc3ccccc3[C@H]12)N1CCN(c2ccc(F)cc2)CC1. The molecule has 0 saturated carbocycles. The van der Waals surface area contributed by atoms with Gasteiger partial charge in [-0.3, -0.25) is 9.59 Å². The van der Waals surface area contributed by atoms with Gasteiger partial charge < -0.3 is 14.7 Å². The molecule has 0 unspecified atom stereocenters. The zero-order valence-corrected chi connectivity index (χ0v) is 18.9. The second-order valence-electron chi connectivity index (χ2n) is 9.25. The van der Waals surface area contributed by atoms with E-state index in [1.807, 2.05) is 46.2 Å². The molecule has 3 aliphatic heterocycles. The summed E-state index contributed by atoms with van der Waals surface area (Å²) in [4.78, 5) is 33.5. The van der Waals surface area contributed by atoms with Crippen LogP contribution >= 0.6 is 0 Å². The molecule has 3 aromatic carbocycles. The normalized spacial score (nSPS) is 21.6. The molecular weight excluding hydrogens is 429 g/mol. The van der Waals surface area contributed by atoms with Crippen LogP contribution in [0.1, 0.15) is 39.0 Å². The third kappa shape index (κ3) is 3.36. The van der Waals surface area contributed by atoms with Gasteiger partial charge in [0.1, 0.15) is 5.82 Å². The Labute approximate surface area is 198 Å². The van der Waals surface area contributed by atoms with Gasteiger partial charge in [0.05, 0.1) is 12.0 Å². The summed E-state index contributed by atoms with van der Waals surface area (Å²) in [5.41, 5.74) is 4.74. The summed E-state index contributed by atoms with van der Waals surface area (Å²) in [5, 5.41) is 0. The monoisotopic (exact) mass is 455 g/mol. The summed E-state index contributed by atoms with van der Waals surface area (Å²) in [6.45, 7) is 3.19. The van der Waals surface area contributed by atoms with Crippen molar-refractivity contribution in [3.05, 3.63) is 101 Å². The minimum absolute atomic E-state index is 0.0142. The van der Waals surface area contributed by atoms with E-state index in [-0.39, 0.29) is 23.7 Å². The van der Waals surface area contributed by atoms with Crippen LogP contribution in [0.3, 0.4) is 0 Å². The predicted octanol–water partition coefficient (Wildman–Crippen LogP) is 4.01. The van der Waals surface area contributed by atoms with Gasteiger partial charge in [0.2, 0.25) is 5.91 Å². The van der Waals surface area contributed by atoms with Gasteiger partial charge in [-0.1, -0.05) is 42.5 Å². The Morgan fingerprint density at radius 1 is 0.794 bits per heavy atom. The Kier molecular flexibility index (Phi) is 5.09. The van der Waals surface area contributed by atoms with Crippen LogP contribution in [0, 0.1) is 5.82 Å². The topological polar surface area (TPSA) is 43.9 Å². The lowest BCUT2D eigenvalue weighted by Gasteiger charge is -2.47. The minimum Gasteiger partial charge on any atom is -0.368 e. The molecule has 3 heterocycles. The van der Waals surface area contributed by atoms with Crippen LogP contribution in [0.25, 0.3) is 0 Å². The lowest BCUT2D eigenvalue weighted by molar-refractivity contribution is -0.135. The fourth-order valence-electron chi connectivity index (χ4n) is 5.78. The van der Waals surface area contributed by atoms with Crippen LogP contribution in [0.5, 0.6) is 0 Å². The molecule has 0 bridgehead atoms. The van der Waals surface area contributed by atoms with Crippen molar-refractivity contribution in [3.8, 4) is 0 Å². The molecule has 172 valence electrons. The lowest BCUT2D eigenvalue weighted by atomic mass is 9.75. The Balaban J connectivity index is 1.32. The van der Waals surface area contributed by atoms with Crippen molar-refractivity contribution in [2.75, 3.05) is 37.6 Å². The van der Waals surface area contributed by atoms with Crippen molar-refractivity contribution in [1.82, 2.24) is 9.80 Å². The van der Waals surface area contributed by atoms with E-state index in [0.717, 1.165) is 23.2 Å². The molecule has 2 atom stereocenters. The van der Waals surface area contributed by atoms with Crippen molar-refractivity contribution in [2.24, 2.45) is 0 Å². The van der Waals surface area contributed by atoms with Crippen LogP contribution in [0.2, 0.25) is 0 Å². The first-order chi connectivity index (χ1) is 16.6. The van der Waals surface area contributed by atoms with Gasteiger partial charge in [-0.2, -0.15) is 0 Å². The van der Waals surface area contributed by atoms with E-state index >= 15 is 0 Å². The number of anilines is 1. The fourth-order valence-corrected chi connectivity index (χ4v) is 5.78. The Morgan fingerprint density at radius 2 is 1.47 bits per heavy atom. The van der Waals surface area contributed by atoms with Crippen molar-refractivity contribution in [2.45, 2.75) is 18.4 Å². The average Bonchev–Trinajstić information content (AvgIpc) is 2.89. The number of benzene rings is 3. The summed E-state index contributed by atoms with van der Waals surface area (Å²) in [5.74, 6) is -0.584. The molecule has 6 heteroatoms. The molecule has 0 radical (unpaired) electrons. The first-order valence-electron chi connectivity index (χ1n) is 11.9. The van der Waals surface area contributed by atoms with Gasteiger partial charge in [-0.15, -0.1) is 0 Å². The zero-order valence-electron chi connectivity index (χ0n) is 18.9. The van der Waals surface area contributed by atoms with Gasteiger partial charge >= 0.3 is 0 Å². The molecule has 0 spiro atoms. The van der Waals surface area contributed by atoms with Crippen LogP contribution in [-0.4, -0.2) is 54.3 Å². The van der Waals surface area contributed by atoms with E-state index in [1.54, 1.807) is 12.1 Å². The van der Waals surface area contributed by atoms with Gasteiger partial charge in [0, 0.05) is 44.0 Å². The molecule has 6 rings (SSSR count). The second-order valence-corrected chi connectivity index (χ2v) is 9.25. The molecule has 0 N–H and O–H groups in total. The fraction of sp³-hybridized carbons (Fsp3) is 0.286. The Hall–Kier alpha value is -3.67. The first-order valence-corrected chi connectivity index (χ1v) is 11.9. The molecule has 2 amide bonds. The van der Waals surface area contributed by atoms with Crippen LogP contribution in [0.4, 0.5) is 10.1 Å². The maximum Gasteiger partial charge on any atom is 0.254 e. The number of halogens is 1. The highest BCUT2D eigenvalue weighted by Gasteiger charge is 2.47. The molecule has 1 fully saturated rings.